The fourth-order valence-corrected chi connectivity index (χ4v) is 3.19. The van der Waals surface area contributed by atoms with Gasteiger partial charge >= 0.3 is 0 Å². The summed E-state index contributed by atoms with van der Waals surface area (Å²) in [6, 6.07) is 0.420. The second kappa shape index (κ2) is 12.2. The van der Waals surface area contributed by atoms with E-state index in [9.17, 15) is 4.79 Å². The van der Waals surface area contributed by atoms with E-state index >= 15 is 0 Å². The summed E-state index contributed by atoms with van der Waals surface area (Å²) in [4.78, 5) is 18.2. The zero-order valence-corrected chi connectivity index (χ0v) is 19.3. The third-order valence-electron chi connectivity index (χ3n) is 4.85. The molecule has 0 radical (unpaired) electrons. The highest BCUT2D eigenvalue weighted by molar-refractivity contribution is 14.0. The summed E-state index contributed by atoms with van der Waals surface area (Å²) in [7, 11) is 3.52. The predicted octanol–water partition coefficient (Wildman–Crippen LogP) is 2.87. The number of aromatic nitrogens is 1. The van der Waals surface area contributed by atoms with E-state index in [4.69, 9.17) is 9.52 Å². The third-order valence-corrected chi connectivity index (χ3v) is 4.85. The van der Waals surface area contributed by atoms with Crippen molar-refractivity contribution in [3.8, 4) is 0 Å². The first-order valence-electron chi connectivity index (χ1n) is 9.76. The molecule has 2 N–H and O–H groups in total. The van der Waals surface area contributed by atoms with Gasteiger partial charge in [0.05, 0.1) is 18.8 Å². The molecule has 1 aliphatic rings. The Hall–Kier alpha value is -1.32. The molecule has 0 unspecified atom stereocenters. The van der Waals surface area contributed by atoms with E-state index in [1.165, 1.54) is 19.3 Å². The standard InChI is InChI=1S/C19H33N5O2.HI/c1-5-16-15(17(6-2)26-23-16)12-20-19(21-13-18(25)24(3)4)22-14-10-8-7-9-11-14;/h14H,5-13H2,1-4H3,(H2,20,21,22);1H. The van der Waals surface area contributed by atoms with Gasteiger partial charge in [-0.15, -0.1) is 24.0 Å². The van der Waals surface area contributed by atoms with Crippen molar-refractivity contribution in [2.24, 2.45) is 4.99 Å². The molecule has 2 rings (SSSR count). The average Bonchev–Trinajstić information content (AvgIpc) is 3.06. The lowest BCUT2D eigenvalue weighted by atomic mass is 9.96. The first kappa shape index (κ1) is 23.7. The molecule has 1 fully saturated rings. The molecule has 0 bridgehead atoms. The number of hydrogen-bond acceptors (Lipinski definition) is 4. The number of likely N-dealkylation sites (N-methyl/N-ethyl adjacent to an activating group) is 1. The van der Waals surface area contributed by atoms with Crippen LogP contribution < -0.4 is 10.6 Å². The zero-order valence-electron chi connectivity index (χ0n) is 17.0. The number of carbonyl (C=O) groups excluding carboxylic acids is 1. The smallest absolute Gasteiger partial charge is 0.241 e. The molecule has 27 heavy (non-hydrogen) atoms. The van der Waals surface area contributed by atoms with E-state index in [0.717, 1.165) is 42.7 Å². The van der Waals surface area contributed by atoms with Crippen LogP contribution in [0.1, 0.15) is 63.0 Å². The van der Waals surface area contributed by atoms with Crippen molar-refractivity contribution < 1.29 is 9.32 Å². The van der Waals surface area contributed by atoms with Crippen LogP contribution >= 0.6 is 24.0 Å². The van der Waals surface area contributed by atoms with E-state index in [1.807, 2.05) is 0 Å². The van der Waals surface area contributed by atoms with E-state index in [-0.39, 0.29) is 36.4 Å². The largest absolute Gasteiger partial charge is 0.361 e. The van der Waals surface area contributed by atoms with Gasteiger partial charge in [-0.25, -0.2) is 4.99 Å². The number of nitrogens with one attached hydrogen (secondary N) is 2. The maximum Gasteiger partial charge on any atom is 0.241 e. The van der Waals surface area contributed by atoms with Gasteiger partial charge in [-0.3, -0.25) is 4.79 Å². The van der Waals surface area contributed by atoms with Gasteiger partial charge in [-0.1, -0.05) is 38.3 Å². The third kappa shape index (κ3) is 7.31. The Bertz CT molecular complexity index is 588. The molecular formula is C19H34IN5O2. The summed E-state index contributed by atoms with van der Waals surface area (Å²) in [5.41, 5.74) is 2.03. The van der Waals surface area contributed by atoms with Crippen LogP contribution in [0.3, 0.4) is 0 Å². The van der Waals surface area contributed by atoms with Crippen molar-refractivity contribution in [3.05, 3.63) is 17.0 Å². The first-order valence-corrected chi connectivity index (χ1v) is 9.76. The lowest BCUT2D eigenvalue weighted by Crippen LogP contribution is -2.47. The van der Waals surface area contributed by atoms with Gasteiger partial charge in [0.25, 0.3) is 0 Å². The van der Waals surface area contributed by atoms with Gasteiger partial charge in [0.1, 0.15) is 5.76 Å². The number of aryl methyl sites for hydroxylation is 2. The molecule has 7 nitrogen and oxygen atoms in total. The van der Waals surface area contributed by atoms with Gasteiger partial charge < -0.3 is 20.1 Å². The highest BCUT2D eigenvalue weighted by Crippen LogP contribution is 2.18. The van der Waals surface area contributed by atoms with Crippen LogP contribution in [-0.2, 0) is 24.2 Å². The SMILES string of the molecule is CCc1noc(CC)c1CN=C(NCC(=O)N(C)C)NC1CCCCC1.I. The summed E-state index contributed by atoms with van der Waals surface area (Å²) < 4.78 is 5.43. The van der Waals surface area contributed by atoms with Crippen molar-refractivity contribution in [1.29, 1.82) is 0 Å². The van der Waals surface area contributed by atoms with Gasteiger partial charge in [-0.2, -0.15) is 0 Å². The van der Waals surface area contributed by atoms with Crippen LogP contribution in [0.2, 0.25) is 0 Å². The summed E-state index contributed by atoms with van der Waals surface area (Å²) in [6.45, 7) is 4.87. The Kier molecular flexibility index (Phi) is 10.7. The molecule has 1 aromatic heterocycles. The van der Waals surface area contributed by atoms with Crippen LogP contribution in [0, 0.1) is 0 Å². The van der Waals surface area contributed by atoms with E-state index in [0.29, 0.717) is 18.5 Å². The molecule has 0 atom stereocenters. The normalized spacial score (nSPS) is 15.2. The quantitative estimate of drug-likeness (QED) is 0.348. The lowest BCUT2D eigenvalue weighted by Gasteiger charge is -2.25. The lowest BCUT2D eigenvalue weighted by molar-refractivity contribution is -0.127. The van der Waals surface area contributed by atoms with Crippen molar-refractivity contribution >= 4 is 35.8 Å². The molecule has 8 heteroatoms. The molecule has 0 saturated heterocycles. The number of amides is 1. The minimum absolute atomic E-state index is 0. The van der Waals surface area contributed by atoms with Gasteiger partial charge in [0.15, 0.2) is 5.96 Å². The van der Waals surface area contributed by atoms with Crippen molar-refractivity contribution in [1.82, 2.24) is 20.7 Å². The molecule has 1 aliphatic carbocycles. The topological polar surface area (TPSA) is 82.8 Å². The van der Waals surface area contributed by atoms with Crippen LogP contribution in [0.25, 0.3) is 0 Å². The van der Waals surface area contributed by atoms with Crippen LogP contribution in [0.4, 0.5) is 0 Å². The van der Waals surface area contributed by atoms with E-state index in [2.05, 4.69) is 29.6 Å². The fourth-order valence-electron chi connectivity index (χ4n) is 3.19. The number of carbonyl (C=O) groups is 1. The number of aliphatic imine (C=N–C) groups is 1. The molecular weight excluding hydrogens is 457 g/mol. The molecule has 1 aromatic rings. The number of halogens is 1. The van der Waals surface area contributed by atoms with E-state index in [1.54, 1.807) is 19.0 Å². The van der Waals surface area contributed by atoms with Gasteiger partial charge in [0.2, 0.25) is 5.91 Å². The molecule has 0 spiro atoms. The Morgan fingerprint density at radius 2 is 1.93 bits per heavy atom. The zero-order chi connectivity index (χ0) is 18.9. The summed E-state index contributed by atoms with van der Waals surface area (Å²) >= 11 is 0. The fraction of sp³-hybridized carbons (Fsp3) is 0.737. The Morgan fingerprint density at radius 1 is 1.22 bits per heavy atom. The number of guanidine groups is 1. The number of rotatable bonds is 7. The van der Waals surface area contributed by atoms with Gasteiger partial charge in [0, 0.05) is 32.1 Å². The van der Waals surface area contributed by atoms with Crippen molar-refractivity contribution in [2.45, 2.75) is 71.4 Å². The second-order valence-corrected chi connectivity index (χ2v) is 7.02. The molecule has 0 aliphatic heterocycles. The highest BCUT2D eigenvalue weighted by atomic mass is 127. The highest BCUT2D eigenvalue weighted by Gasteiger charge is 2.17. The van der Waals surface area contributed by atoms with Crippen molar-refractivity contribution in [3.63, 3.8) is 0 Å². The maximum atomic E-state index is 11.9. The van der Waals surface area contributed by atoms with Crippen LogP contribution in [0.15, 0.2) is 9.52 Å². The molecule has 1 amide bonds. The van der Waals surface area contributed by atoms with E-state index < -0.39 is 0 Å². The number of hydrogen-bond donors (Lipinski definition) is 2. The summed E-state index contributed by atoms with van der Waals surface area (Å²) in [5.74, 6) is 1.61. The first-order chi connectivity index (χ1) is 12.5. The monoisotopic (exact) mass is 491 g/mol. The Balaban J connectivity index is 0.00000364. The Labute approximate surface area is 179 Å². The van der Waals surface area contributed by atoms with Crippen LogP contribution in [-0.4, -0.2) is 48.6 Å². The maximum absolute atomic E-state index is 11.9. The van der Waals surface area contributed by atoms with Crippen LogP contribution in [0.5, 0.6) is 0 Å². The average molecular weight is 491 g/mol. The molecule has 1 heterocycles. The molecule has 1 saturated carbocycles. The Morgan fingerprint density at radius 3 is 2.52 bits per heavy atom. The predicted molar refractivity (Wildman–Crippen MR) is 119 cm³/mol. The van der Waals surface area contributed by atoms with Gasteiger partial charge in [-0.05, 0) is 19.3 Å². The molecule has 0 aromatic carbocycles. The molecule has 154 valence electrons. The number of nitrogens with zero attached hydrogens (tertiary/aromatic N) is 3. The second-order valence-electron chi connectivity index (χ2n) is 7.02. The minimum Gasteiger partial charge on any atom is -0.361 e. The van der Waals surface area contributed by atoms with Crippen molar-refractivity contribution in [2.75, 3.05) is 20.6 Å². The minimum atomic E-state index is 0. The summed E-state index contributed by atoms with van der Waals surface area (Å²) in [6.07, 6.45) is 7.71. The summed E-state index contributed by atoms with van der Waals surface area (Å²) in [5, 5.41) is 10.8.